The minimum atomic E-state index is -0.636. The average molecular weight is 426 g/mol. The van der Waals surface area contributed by atoms with Gasteiger partial charge in [-0.3, -0.25) is 4.79 Å². The number of amides is 1. The maximum atomic E-state index is 12.5. The lowest BCUT2D eigenvalue weighted by atomic mass is 9.62. The van der Waals surface area contributed by atoms with Crippen LogP contribution in [0.25, 0.3) is 0 Å². The van der Waals surface area contributed by atoms with E-state index in [0.29, 0.717) is 12.8 Å². The molecule has 0 aromatic heterocycles. The number of hydrogen-bond acceptors (Lipinski definition) is 3. The lowest BCUT2D eigenvalue weighted by Gasteiger charge is -2.41. The summed E-state index contributed by atoms with van der Waals surface area (Å²) in [6.45, 7) is 6.42. The van der Waals surface area contributed by atoms with Crippen LogP contribution in [0.2, 0.25) is 0 Å². The van der Waals surface area contributed by atoms with Gasteiger partial charge in [-0.25, -0.2) is 0 Å². The van der Waals surface area contributed by atoms with E-state index in [1.165, 1.54) is 57.8 Å². The highest BCUT2D eigenvalue weighted by Gasteiger charge is 2.45. The number of nitrogens with two attached hydrogens (primary N) is 1. The molecule has 0 aromatic carbocycles. The fourth-order valence-corrected chi connectivity index (χ4v) is 4.80. The summed E-state index contributed by atoms with van der Waals surface area (Å²) in [6.07, 6.45) is 21.4. The van der Waals surface area contributed by atoms with E-state index in [4.69, 9.17) is 5.73 Å². The molecule has 0 aromatic rings. The molecule has 0 aliphatic carbocycles. The van der Waals surface area contributed by atoms with E-state index in [-0.39, 0.29) is 31.0 Å². The van der Waals surface area contributed by atoms with E-state index < -0.39 is 5.41 Å². The summed E-state index contributed by atoms with van der Waals surface area (Å²) in [5.74, 6) is -0.236. The molecule has 0 saturated heterocycles. The van der Waals surface area contributed by atoms with Gasteiger partial charge in [0.25, 0.3) is 0 Å². The van der Waals surface area contributed by atoms with Crippen LogP contribution in [0.3, 0.4) is 0 Å². The first kappa shape index (κ1) is 29.1. The Morgan fingerprint density at radius 3 is 1.67 bits per heavy atom. The van der Waals surface area contributed by atoms with Crippen LogP contribution in [0.5, 0.6) is 0 Å². The van der Waals surface area contributed by atoms with Crippen molar-refractivity contribution in [3.8, 4) is 0 Å². The zero-order chi connectivity index (χ0) is 22.7. The van der Waals surface area contributed by atoms with Crippen molar-refractivity contribution in [1.29, 1.82) is 0 Å². The lowest BCUT2D eigenvalue weighted by Crippen LogP contribution is -2.47. The van der Waals surface area contributed by atoms with Gasteiger partial charge in [-0.2, -0.15) is 0 Å². The molecule has 2 unspecified atom stereocenters. The zero-order valence-corrected chi connectivity index (χ0v) is 20.2. The summed E-state index contributed by atoms with van der Waals surface area (Å²) in [7, 11) is 0. The maximum absolute atomic E-state index is 12.5. The standard InChI is InChI=1S/C26H51NO3/c1-4-5-6-7-8-9-10-11-12-13-14-15-16-17-20-26(25(27)30,23(2)18-21-28)24(3)19-22-29/h11-12,23-24,28-29H,4-10,13-22H2,1-3H3,(H2,27,30). The number of aliphatic hydroxyl groups is 2. The molecule has 4 heteroatoms. The summed E-state index contributed by atoms with van der Waals surface area (Å²) in [4.78, 5) is 12.5. The van der Waals surface area contributed by atoms with Gasteiger partial charge in [-0.1, -0.05) is 84.3 Å². The second-order valence-electron chi connectivity index (χ2n) is 9.21. The highest BCUT2D eigenvalue weighted by molar-refractivity contribution is 5.81. The van der Waals surface area contributed by atoms with Crippen LogP contribution in [-0.2, 0) is 4.79 Å². The van der Waals surface area contributed by atoms with Crippen molar-refractivity contribution in [3.05, 3.63) is 12.2 Å². The Morgan fingerprint density at radius 2 is 1.23 bits per heavy atom. The zero-order valence-electron chi connectivity index (χ0n) is 20.2. The van der Waals surface area contributed by atoms with Crippen LogP contribution < -0.4 is 5.73 Å². The van der Waals surface area contributed by atoms with E-state index in [0.717, 1.165) is 25.7 Å². The number of aliphatic hydroxyl groups excluding tert-OH is 2. The first-order chi connectivity index (χ1) is 14.5. The van der Waals surface area contributed by atoms with Gasteiger partial charge >= 0.3 is 0 Å². The van der Waals surface area contributed by atoms with Gasteiger partial charge in [-0.15, -0.1) is 0 Å². The number of hydrogen-bond donors (Lipinski definition) is 3. The van der Waals surface area contributed by atoms with Crippen LogP contribution in [0, 0.1) is 17.3 Å². The number of carbonyl (C=O) groups excluding carboxylic acids is 1. The van der Waals surface area contributed by atoms with Crippen LogP contribution >= 0.6 is 0 Å². The molecule has 30 heavy (non-hydrogen) atoms. The largest absolute Gasteiger partial charge is 0.396 e. The van der Waals surface area contributed by atoms with E-state index in [2.05, 4.69) is 19.1 Å². The third-order valence-corrected chi connectivity index (χ3v) is 6.94. The van der Waals surface area contributed by atoms with Crippen LogP contribution in [0.15, 0.2) is 12.2 Å². The lowest BCUT2D eigenvalue weighted by molar-refractivity contribution is -0.136. The molecule has 0 fully saturated rings. The van der Waals surface area contributed by atoms with Crippen LogP contribution in [-0.4, -0.2) is 29.3 Å². The first-order valence-electron chi connectivity index (χ1n) is 12.6. The van der Waals surface area contributed by atoms with Crippen molar-refractivity contribution in [3.63, 3.8) is 0 Å². The number of allylic oxidation sites excluding steroid dienone is 2. The Labute approximate surface area is 186 Å². The molecule has 178 valence electrons. The fraction of sp³-hybridized carbons (Fsp3) is 0.885. The van der Waals surface area contributed by atoms with Crippen molar-refractivity contribution in [2.45, 2.75) is 117 Å². The van der Waals surface area contributed by atoms with Crippen molar-refractivity contribution in [2.75, 3.05) is 13.2 Å². The summed E-state index contributed by atoms with van der Waals surface area (Å²) in [5.41, 5.74) is 5.24. The average Bonchev–Trinajstić information content (AvgIpc) is 2.71. The Kier molecular flexibility index (Phi) is 18.3. The molecule has 0 aliphatic heterocycles. The van der Waals surface area contributed by atoms with Gasteiger partial charge in [-0.05, 0) is 56.8 Å². The Hall–Kier alpha value is -0.870. The Bertz CT molecular complexity index is 424. The topological polar surface area (TPSA) is 83.6 Å². The molecule has 0 aliphatic rings. The molecule has 2 atom stereocenters. The van der Waals surface area contributed by atoms with Crippen molar-refractivity contribution >= 4 is 5.91 Å². The fourth-order valence-electron chi connectivity index (χ4n) is 4.80. The van der Waals surface area contributed by atoms with Crippen molar-refractivity contribution in [1.82, 2.24) is 0 Å². The van der Waals surface area contributed by atoms with E-state index in [1.807, 2.05) is 13.8 Å². The number of carbonyl (C=O) groups is 1. The van der Waals surface area contributed by atoms with Gasteiger partial charge in [0.05, 0.1) is 5.41 Å². The molecule has 4 N–H and O–H groups in total. The molecule has 4 nitrogen and oxygen atoms in total. The summed E-state index contributed by atoms with van der Waals surface area (Å²) >= 11 is 0. The third kappa shape index (κ3) is 11.5. The molecule has 0 bridgehead atoms. The number of unbranched alkanes of at least 4 members (excludes halogenated alkanes) is 10. The van der Waals surface area contributed by atoms with Gasteiger partial charge in [0.15, 0.2) is 0 Å². The SMILES string of the molecule is CCCCCCCCC=CCCCCCCC(C(N)=O)(C(C)CCO)C(C)CCO. The summed E-state index contributed by atoms with van der Waals surface area (Å²) in [6, 6.07) is 0. The normalized spacial score (nSPS) is 15.9. The molecule has 0 saturated carbocycles. The monoisotopic (exact) mass is 425 g/mol. The second-order valence-corrected chi connectivity index (χ2v) is 9.21. The quantitative estimate of drug-likeness (QED) is 0.152. The number of primary amides is 1. The molecule has 0 radical (unpaired) electrons. The van der Waals surface area contributed by atoms with Crippen LogP contribution in [0.4, 0.5) is 0 Å². The summed E-state index contributed by atoms with van der Waals surface area (Å²) in [5, 5.41) is 18.8. The van der Waals surface area contributed by atoms with E-state index >= 15 is 0 Å². The van der Waals surface area contributed by atoms with Gasteiger partial charge < -0.3 is 15.9 Å². The minimum Gasteiger partial charge on any atom is -0.396 e. The van der Waals surface area contributed by atoms with Crippen molar-refractivity contribution < 1.29 is 15.0 Å². The molecule has 0 rings (SSSR count). The highest BCUT2D eigenvalue weighted by Crippen LogP contribution is 2.44. The minimum absolute atomic E-state index is 0.0199. The smallest absolute Gasteiger partial charge is 0.224 e. The predicted octanol–water partition coefficient (Wildman–Crippen LogP) is 6.14. The highest BCUT2D eigenvalue weighted by atomic mass is 16.3. The van der Waals surface area contributed by atoms with E-state index in [1.54, 1.807) is 0 Å². The Morgan fingerprint density at radius 1 is 0.800 bits per heavy atom. The second kappa shape index (κ2) is 18.9. The third-order valence-electron chi connectivity index (χ3n) is 6.94. The molecule has 0 heterocycles. The molecule has 1 amide bonds. The molecule has 0 spiro atoms. The molecular formula is C26H51NO3. The van der Waals surface area contributed by atoms with Gasteiger partial charge in [0.1, 0.15) is 0 Å². The first-order valence-corrected chi connectivity index (χ1v) is 12.6. The Balaban J connectivity index is 4.19. The van der Waals surface area contributed by atoms with Gasteiger partial charge in [0, 0.05) is 13.2 Å². The van der Waals surface area contributed by atoms with Crippen LogP contribution in [0.1, 0.15) is 117 Å². The van der Waals surface area contributed by atoms with Crippen molar-refractivity contribution in [2.24, 2.45) is 23.0 Å². The number of rotatable bonds is 21. The summed E-state index contributed by atoms with van der Waals surface area (Å²) < 4.78 is 0. The maximum Gasteiger partial charge on any atom is 0.224 e. The van der Waals surface area contributed by atoms with Gasteiger partial charge in [0.2, 0.25) is 5.91 Å². The molecular weight excluding hydrogens is 374 g/mol. The van der Waals surface area contributed by atoms with E-state index in [9.17, 15) is 15.0 Å². The predicted molar refractivity (Wildman–Crippen MR) is 128 cm³/mol.